The van der Waals surface area contributed by atoms with Gasteiger partial charge in [0, 0.05) is 18.3 Å². The van der Waals surface area contributed by atoms with Gasteiger partial charge in [-0.2, -0.15) is 0 Å². The van der Waals surface area contributed by atoms with E-state index in [1.165, 1.54) is 5.56 Å². The van der Waals surface area contributed by atoms with Crippen molar-refractivity contribution in [2.24, 2.45) is 0 Å². The maximum atomic E-state index is 12.6. The Kier molecular flexibility index (Phi) is 5.37. The molecule has 0 saturated carbocycles. The van der Waals surface area contributed by atoms with Gasteiger partial charge in [0.05, 0.1) is 0 Å². The fourth-order valence-electron chi connectivity index (χ4n) is 2.46. The van der Waals surface area contributed by atoms with Crippen molar-refractivity contribution in [3.8, 4) is 0 Å². The number of thiocarbonyl (C=S) groups is 1. The molecule has 0 radical (unpaired) electrons. The Balaban J connectivity index is 2.17. The molecule has 0 N–H and O–H groups in total. The monoisotopic (exact) mass is 329 g/mol. The van der Waals surface area contributed by atoms with Gasteiger partial charge in [-0.15, -0.1) is 0 Å². The minimum absolute atomic E-state index is 0.00258. The van der Waals surface area contributed by atoms with Crippen molar-refractivity contribution < 1.29 is 4.79 Å². The van der Waals surface area contributed by atoms with E-state index < -0.39 is 0 Å². The van der Waals surface area contributed by atoms with Crippen LogP contribution in [0.15, 0.2) is 42.5 Å². The molecule has 2 nitrogen and oxygen atoms in total. The van der Waals surface area contributed by atoms with E-state index in [2.05, 4.69) is 0 Å². The summed E-state index contributed by atoms with van der Waals surface area (Å²) in [6.45, 7) is 5.98. The number of nitrogens with zero attached hydrogens (tertiary/aromatic N) is 1. The van der Waals surface area contributed by atoms with Gasteiger partial charge in [-0.25, -0.2) is 0 Å². The summed E-state index contributed by atoms with van der Waals surface area (Å²) in [5, 5.41) is 0.00258. The van der Waals surface area contributed by atoms with Crippen LogP contribution in [0.1, 0.15) is 27.0 Å². The van der Waals surface area contributed by atoms with Crippen LogP contribution in [0.3, 0.4) is 0 Å². The fourth-order valence-corrected chi connectivity index (χ4v) is 3.62. The first-order valence-corrected chi connectivity index (χ1v) is 8.25. The van der Waals surface area contributed by atoms with E-state index in [4.69, 9.17) is 12.2 Å². The summed E-state index contributed by atoms with van der Waals surface area (Å²) in [5.41, 5.74) is 4.91. The zero-order chi connectivity index (χ0) is 16.3. The summed E-state index contributed by atoms with van der Waals surface area (Å²) in [6, 6.07) is 13.9. The number of carbonyl (C=O) groups excluding carboxylic acids is 1. The van der Waals surface area contributed by atoms with Gasteiger partial charge < -0.3 is 4.90 Å². The number of carbonyl (C=O) groups is 1. The van der Waals surface area contributed by atoms with Crippen molar-refractivity contribution in [3.63, 3.8) is 0 Å². The predicted octanol–water partition coefficient (Wildman–Crippen LogP) is 4.91. The molecule has 0 aliphatic rings. The largest absolute Gasteiger partial charge is 0.330 e. The second-order valence-corrected chi connectivity index (χ2v) is 6.93. The van der Waals surface area contributed by atoms with Crippen molar-refractivity contribution in [2.75, 3.05) is 11.9 Å². The molecule has 2 aromatic carbocycles. The molecule has 0 amide bonds. The van der Waals surface area contributed by atoms with Crippen molar-refractivity contribution in [2.45, 2.75) is 20.8 Å². The number of thioether (sulfide) groups is 1. The number of para-hydroxylation sites is 1. The SMILES string of the molecule is Cc1cc(C)c(C(=O)SC(=S)N(C)c2ccccc2)c(C)c1. The highest BCUT2D eigenvalue weighted by Gasteiger charge is 2.18. The van der Waals surface area contributed by atoms with Crippen molar-refractivity contribution in [3.05, 3.63) is 64.7 Å². The lowest BCUT2D eigenvalue weighted by Crippen LogP contribution is -2.23. The van der Waals surface area contributed by atoms with Gasteiger partial charge in [0.25, 0.3) is 0 Å². The zero-order valence-corrected chi connectivity index (χ0v) is 14.8. The number of hydrogen-bond acceptors (Lipinski definition) is 3. The Bertz CT molecular complexity index is 687. The molecule has 0 unspecified atom stereocenters. The Hall–Kier alpha value is -1.65. The van der Waals surface area contributed by atoms with Gasteiger partial charge in [0.2, 0.25) is 5.12 Å². The first kappa shape index (κ1) is 16.7. The Morgan fingerprint density at radius 1 is 1.05 bits per heavy atom. The Morgan fingerprint density at radius 2 is 1.59 bits per heavy atom. The number of rotatable bonds is 2. The molecular formula is C18H19NOS2. The summed E-state index contributed by atoms with van der Waals surface area (Å²) in [5.74, 6) is 0. The average molecular weight is 329 g/mol. The van der Waals surface area contributed by atoms with Crippen molar-refractivity contribution >= 4 is 39.1 Å². The van der Waals surface area contributed by atoms with Crippen LogP contribution in [0.2, 0.25) is 0 Å². The van der Waals surface area contributed by atoms with E-state index in [9.17, 15) is 4.79 Å². The molecule has 0 saturated heterocycles. The molecule has 0 aromatic heterocycles. The highest BCUT2D eigenvalue weighted by atomic mass is 32.2. The van der Waals surface area contributed by atoms with Crippen LogP contribution in [0.4, 0.5) is 5.69 Å². The lowest BCUT2D eigenvalue weighted by atomic mass is 10.0. The molecule has 4 heteroatoms. The van der Waals surface area contributed by atoms with E-state index in [-0.39, 0.29) is 5.12 Å². The fraction of sp³-hybridized carbons (Fsp3) is 0.222. The molecule has 0 atom stereocenters. The van der Waals surface area contributed by atoms with Gasteiger partial charge in [0.1, 0.15) is 4.32 Å². The highest BCUT2D eigenvalue weighted by Crippen LogP contribution is 2.25. The number of hydrogen-bond donors (Lipinski definition) is 0. The summed E-state index contributed by atoms with van der Waals surface area (Å²) >= 11 is 6.52. The predicted molar refractivity (Wildman–Crippen MR) is 100 cm³/mol. The van der Waals surface area contributed by atoms with Crippen LogP contribution in [0.25, 0.3) is 0 Å². The normalized spacial score (nSPS) is 10.4. The molecule has 0 spiro atoms. The van der Waals surface area contributed by atoms with Crippen molar-refractivity contribution in [1.82, 2.24) is 0 Å². The molecule has 0 aliphatic carbocycles. The smallest absolute Gasteiger partial charge is 0.226 e. The minimum Gasteiger partial charge on any atom is -0.330 e. The zero-order valence-electron chi connectivity index (χ0n) is 13.2. The molecule has 2 aromatic rings. The summed E-state index contributed by atoms with van der Waals surface area (Å²) in [7, 11) is 1.88. The number of aryl methyl sites for hydroxylation is 3. The molecule has 114 valence electrons. The van der Waals surface area contributed by atoms with E-state index in [0.717, 1.165) is 34.1 Å². The number of anilines is 1. The van der Waals surface area contributed by atoms with Gasteiger partial charge >= 0.3 is 0 Å². The molecule has 2 rings (SSSR count). The van der Waals surface area contributed by atoms with Crippen LogP contribution < -0.4 is 4.90 Å². The maximum absolute atomic E-state index is 12.6. The van der Waals surface area contributed by atoms with Crippen LogP contribution in [-0.2, 0) is 0 Å². The molecule has 0 bridgehead atoms. The minimum atomic E-state index is 0.00258. The Morgan fingerprint density at radius 3 is 2.14 bits per heavy atom. The molecular weight excluding hydrogens is 310 g/mol. The summed E-state index contributed by atoms with van der Waals surface area (Å²) < 4.78 is 0.551. The van der Waals surface area contributed by atoms with E-state index >= 15 is 0 Å². The van der Waals surface area contributed by atoms with Gasteiger partial charge in [-0.05, 0) is 55.8 Å². The lowest BCUT2D eigenvalue weighted by Gasteiger charge is -2.19. The summed E-state index contributed by atoms with van der Waals surface area (Å²) in [6.07, 6.45) is 0. The number of benzene rings is 2. The van der Waals surface area contributed by atoms with Gasteiger partial charge in [-0.1, -0.05) is 48.1 Å². The van der Waals surface area contributed by atoms with Crippen LogP contribution in [0, 0.1) is 20.8 Å². The lowest BCUT2D eigenvalue weighted by molar-refractivity contribution is 0.108. The molecule has 22 heavy (non-hydrogen) atoms. The van der Waals surface area contributed by atoms with Crippen LogP contribution in [0.5, 0.6) is 0 Å². The molecule has 0 fully saturated rings. The summed E-state index contributed by atoms with van der Waals surface area (Å²) in [4.78, 5) is 14.5. The third-order valence-electron chi connectivity index (χ3n) is 3.48. The van der Waals surface area contributed by atoms with E-state index in [0.29, 0.717) is 4.32 Å². The van der Waals surface area contributed by atoms with Crippen LogP contribution >= 0.6 is 24.0 Å². The van der Waals surface area contributed by atoms with Gasteiger partial charge in [0.15, 0.2) is 0 Å². The second-order valence-electron chi connectivity index (χ2n) is 5.32. The third kappa shape index (κ3) is 3.76. The Labute approximate surface area is 141 Å². The third-order valence-corrected chi connectivity index (χ3v) is 4.84. The molecule has 0 aliphatic heterocycles. The van der Waals surface area contributed by atoms with E-state index in [1.54, 1.807) is 0 Å². The first-order valence-electron chi connectivity index (χ1n) is 7.03. The van der Waals surface area contributed by atoms with Crippen molar-refractivity contribution in [1.29, 1.82) is 0 Å². The maximum Gasteiger partial charge on any atom is 0.226 e. The standard InChI is InChI=1S/C18H19NOS2/c1-12-10-13(2)16(14(3)11-12)17(20)22-18(21)19(4)15-8-6-5-7-9-15/h5-11H,1-4H3. The quantitative estimate of drug-likeness (QED) is 0.729. The van der Waals surface area contributed by atoms with Gasteiger partial charge in [-0.3, -0.25) is 4.79 Å². The van der Waals surface area contributed by atoms with Crippen LogP contribution in [-0.4, -0.2) is 16.5 Å². The average Bonchev–Trinajstić information content (AvgIpc) is 2.46. The first-order chi connectivity index (χ1) is 10.4. The molecule has 0 heterocycles. The second kappa shape index (κ2) is 7.07. The topological polar surface area (TPSA) is 20.3 Å². The highest BCUT2D eigenvalue weighted by molar-refractivity contribution is 8.33. The van der Waals surface area contributed by atoms with E-state index in [1.807, 2.05) is 75.2 Å².